The lowest BCUT2D eigenvalue weighted by Crippen LogP contribution is -2.34. The van der Waals surface area contributed by atoms with E-state index in [1.807, 2.05) is 25.2 Å². The molecule has 2 aromatic heterocycles. The van der Waals surface area contributed by atoms with Gasteiger partial charge in [-0.15, -0.1) is 10.2 Å². The van der Waals surface area contributed by atoms with Crippen LogP contribution in [0.3, 0.4) is 0 Å². The highest BCUT2D eigenvalue weighted by Gasteiger charge is 2.23. The lowest BCUT2D eigenvalue weighted by molar-refractivity contribution is -0.143. The molecule has 0 radical (unpaired) electrons. The Hall–Kier alpha value is -1.96. The normalized spacial score (nSPS) is 11.0. The number of fused-ring (bicyclic) bond motifs is 1. The fourth-order valence-corrected chi connectivity index (χ4v) is 3.53. The second-order valence-corrected chi connectivity index (χ2v) is 6.21. The molecule has 0 unspecified atom stereocenters. The zero-order chi connectivity index (χ0) is 17.0. The van der Waals surface area contributed by atoms with Crippen LogP contribution >= 0.6 is 11.3 Å². The molecule has 1 amide bonds. The topological polar surface area (TPSA) is 76.8 Å². The molecule has 0 atom stereocenters. The maximum absolute atomic E-state index is 12.8. The van der Waals surface area contributed by atoms with Crippen LogP contribution in [0.5, 0.6) is 0 Å². The summed E-state index contributed by atoms with van der Waals surface area (Å²) in [5.41, 5.74) is 0.842. The van der Waals surface area contributed by atoms with Crippen LogP contribution in [0, 0.1) is 13.8 Å². The summed E-state index contributed by atoms with van der Waals surface area (Å²) >= 11 is 1.33. The summed E-state index contributed by atoms with van der Waals surface area (Å²) in [6.07, 6.45) is 1.04. The summed E-state index contributed by atoms with van der Waals surface area (Å²) in [5, 5.41) is 8.09. The first kappa shape index (κ1) is 17.4. The van der Waals surface area contributed by atoms with Crippen molar-refractivity contribution in [2.45, 2.75) is 40.5 Å². The van der Waals surface area contributed by atoms with E-state index in [9.17, 15) is 9.59 Å². The summed E-state index contributed by atoms with van der Waals surface area (Å²) in [5.74, 6) is 0.420. The van der Waals surface area contributed by atoms with E-state index in [1.54, 1.807) is 11.8 Å². The quantitative estimate of drug-likeness (QED) is 0.724. The summed E-state index contributed by atoms with van der Waals surface area (Å²) in [4.78, 5) is 27.4. The van der Waals surface area contributed by atoms with Crippen molar-refractivity contribution in [1.82, 2.24) is 19.5 Å². The summed E-state index contributed by atoms with van der Waals surface area (Å²) in [7, 11) is 0. The Morgan fingerprint density at radius 3 is 2.57 bits per heavy atom. The molecule has 2 rings (SSSR count). The highest BCUT2D eigenvalue weighted by atomic mass is 32.1. The van der Waals surface area contributed by atoms with Gasteiger partial charge < -0.3 is 9.64 Å². The molecule has 2 heterocycles. The van der Waals surface area contributed by atoms with Crippen LogP contribution in [-0.2, 0) is 9.53 Å². The number of aromatic nitrogens is 3. The minimum Gasteiger partial charge on any atom is -0.466 e. The number of hydrogen-bond acceptors (Lipinski definition) is 6. The Kier molecular flexibility index (Phi) is 5.70. The molecule has 0 aliphatic heterocycles. The number of aryl methyl sites for hydroxylation is 2. The van der Waals surface area contributed by atoms with Crippen molar-refractivity contribution in [2.75, 3.05) is 19.7 Å². The number of amides is 1. The Balaban J connectivity index is 2.18. The van der Waals surface area contributed by atoms with E-state index >= 15 is 0 Å². The van der Waals surface area contributed by atoms with Gasteiger partial charge in [0.05, 0.1) is 13.0 Å². The van der Waals surface area contributed by atoms with Crippen LogP contribution in [0.2, 0.25) is 0 Å². The molecule has 0 saturated carbocycles. The smallest absolute Gasteiger partial charge is 0.307 e. The van der Waals surface area contributed by atoms with Gasteiger partial charge in [-0.05, 0) is 27.2 Å². The van der Waals surface area contributed by atoms with Gasteiger partial charge in [-0.2, -0.15) is 0 Å². The number of hydrogen-bond donors (Lipinski definition) is 0. The standard InChI is InChI=1S/C15H22N4O3S/c1-5-8-18(9-7-12(20)22-6-2)14(21)13-10(3)19-11(4)16-17-15(19)23-13/h5-9H2,1-4H3. The minimum absolute atomic E-state index is 0.0662. The average molecular weight is 338 g/mol. The maximum atomic E-state index is 12.8. The number of carbonyl (C=O) groups excluding carboxylic acids is 2. The van der Waals surface area contributed by atoms with E-state index in [0.717, 1.165) is 17.9 Å². The molecule has 0 aliphatic carbocycles. The zero-order valence-electron chi connectivity index (χ0n) is 14.0. The minimum atomic E-state index is -0.279. The molecule has 7 nitrogen and oxygen atoms in total. The third-order valence-corrected chi connectivity index (χ3v) is 4.64. The molecule has 0 fully saturated rings. The Morgan fingerprint density at radius 1 is 1.22 bits per heavy atom. The van der Waals surface area contributed by atoms with Gasteiger partial charge in [0.15, 0.2) is 0 Å². The molecule has 0 aromatic carbocycles. The van der Waals surface area contributed by atoms with Crippen molar-refractivity contribution in [3.63, 3.8) is 0 Å². The highest BCUT2D eigenvalue weighted by Crippen LogP contribution is 2.24. The number of ether oxygens (including phenoxy) is 1. The third-order valence-electron chi connectivity index (χ3n) is 3.52. The molecule has 0 saturated heterocycles. The van der Waals surface area contributed by atoms with E-state index in [2.05, 4.69) is 10.2 Å². The van der Waals surface area contributed by atoms with E-state index in [0.29, 0.717) is 29.5 Å². The second-order valence-electron chi connectivity index (χ2n) is 5.23. The highest BCUT2D eigenvalue weighted by molar-refractivity contribution is 7.19. The maximum Gasteiger partial charge on any atom is 0.307 e. The molecule has 0 N–H and O–H groups in total. The number of carbonyl (C=O) groups is 2. The predicted molar refractivity (Wildman–Crippen MR) is 87.8 cm³/mol. The zero-order valence-corrected chi connectivity index (χ0v) is 14.8. The Labute approximate surface area is 139 Å². The van der Waals surface area contributed by atoms with E-state index in [4.69, 9.17) is 4.74 Å². The Bertz CT molecular complexity index is 707. The second kappa shape index (κ2) is 7.54. The number of nitrogens with zero attached hydrogens (tertiary/aromatic N) is 4. The van der Waals surface area contributed by atoms with Crippen molar-refractivity contribution in [3.8, 4) is 0 Å². The van der Waals surface area contributed by atoms with Crippen molar-refractivity contribution >= 4 is 28.2 Å². The average Bonchev–Trinajstić information content (AvgIpc) is 3.04. The Morgan fingerprint density at radius 2 is 1.96 bits per heavy atom. The van der Waals surface area contributed by atoms with Gasteiger partial charge in [-0.3, -0.25) is 14.0 Å². The molecule has 126 valence electrons. The fraction of sp³-hybridized carbons (Fsp3) is 0.600. The van der Waals surface area contributed by atoms with Crippen molar-refractivity contribution < 1.29 is 14.3 Å². The van der Waals surface area contributed by atoms with Gasteiger partial charge in [-0.1, -0.05) is 18.3 Å². The lowest BCUT2D eigenvalue weighted by Gasteiger charge is -2.21. The molecule has 2 aromatic rings. The van der Waals surface area contributed by atoms with Crippen molar-refractivity contribution in [1.29, 1.82) is 0 Å². The number of esters is 1. The van der Waals surface area contributed by atoms with Gasteiger partial charge in [0, 0.05) is 18.8 Å². The van der Waals surface area contributed by atoms with Gasteiger partial charge in [0.25, 0.3) is 5.91 Å². The van der Waals surface area contributed by atoms with Crippen LogP contribution in [0.15, 0.2) is 0 Å². The van der Waals surface area contributed by atoms with Crippen LogP contribution in [-0.4, -0.2) is 51.1 Å². The molecule has 0 aliphatic rings. The predicted octanol–water partition coefficient (Wildman–Crippen LogP) is 2.21. The third kappa shape index (κ3) is 3.69. The number of thiazole rings is 1. The first-order valence-corrected chi connectivity index (χ1v) is 8.57. The molecule has 0 bridgehead atoms. The first-order chi connectivity index (χ1) is 11.0. The lowest BCUT2D eigenvalue weighted by atomic mass is 10.3. The van der Waals surface area contributed by atoms with Gasteiger partial charge in [0.1, 0.15) is 10.7 Å². The van der Waals surface area contributed by atoms with Crippen LogP contribution in [0.1, 0.15) is 47.9 Å². The van der Waals surface area contributed by atoms with Crippen molar-refractivity contribution in [2.24, 2.45) is 0 Å². The molecule has 0 spiro atoms. The summed E-state index contributed by atoms with van der Waals surface area (Å²) in [6, 6.07) is 0. The van der Waals surface area contributed by atoms with E-state index < -0.39 is 0 Å². The molecule has 23 heavy (non-hydrogen) atoms. The molecular formula is C15H22N4O3S. The van der Waals surface area contributed by atoms with Gasteiger partial charge in [-0.25, -0.2) is 0 Å². The van der Waals surface area contributed by atoms with E-state index in [1.165, 1.54) is 11.3 Å². The van der Waals surface area contributed by atoms with Gasteiger partial charge in [0.2, 0.25) is 4.96 Å². The largest absolute Gasteiger partial charge is 0.466 e. The van der Waals surface area contributed by atoms with Crippen LogP contribution in [0.25, 0.3) is 4.96 Å². The number of rotatable bonds is 7. The molecular weight excluding hydrogens is 316 g/mol. The summed E-state index contributed by atoms with van der Waals surface area (Å²) < 4.78 is 6.82. The fourth-order valence-electron chi connectivity index (χ4n) is 2.45. The van der Waals surface area contributed by atoms with Crippen molar-refractivity contribution in [3.05, 3.63) is 16.4 Å². The van der Waals surface area contributed by atoms with Gasteiger partial charge >= 0.3 is 5.97 Å². The molecule has 8 heteroatoms. The van der Waals surface area contributed by atoms with Crippen LogP contribution < -0.4 is 0 Å². The van der Waals surface area contributed by atoms with E-state index in [-0.39, 0.29) is 18.3 Å². The van der Waals surface area contributed by atoms with Crippen LogP contribution in [0.4, 0.5) is 0 Å². The summed E-state index contributed by atoms with van der Waals surface area (Å²) in [6.45, 7) is 8.85. The first-order valence-electron chi connectivity index (χ1n) is 7.75. The monoisotopic (exact) mass is 338 g/mol. The SMILES string of the molecule is CCCN(CCC(=O)OCC)C(=O)c1sc2nnc(C)n2c1C.